The molecule has 0 aliphatic heterocycles. The Kier molecular flexibility index (Phi) is 10.6. The SMILES string of the molecule is CC(C)(C)OC(=O)C(NCCc1ccccc1)C(C(=O)OCc1ccccc1)C(=O)OCc1ccccc1. The van der Waals surface area contributed by atoms with Gasteiger partial charge in [0.05, 0.1) is 0 Å². The van der Waals surface area contributed by atoms with Crippen LogP contribution in [0.25, 0.3) is 0 Å². The lowest BCUT2D eigenvalue weighted by atomic mass is 9.98. The Morgan fingerprint density at radius 1 is 0.658 bits per heavy atom. The summed E-state index contributed by atoms with van der Waals surface area (Å²) in [6.45, 7) is 5.40. The Balaban J connectivity index is 1.82. The van der Waals surface area contributed by atoms with E-state index in [4.69, 9.17) is 14.2 Å². The number of benzene rings is 3. The van der Waals surface area contributed by atoms with Crippen LogP contribution in [-0.4, -0.2) is 36.1 Å². The normalized spacial score (nSPS) is 12.0. The second-order valence-electron chi connectivity index (χ2n) is 9.87. The van der Waals surface area contributed by atoms with Crippen LogP contribution in [-0.2, 0) is 48.2 Å². The first kappa shape index (κ1) is 28.6. The summed E-state index contributed by atoms with van der Waals surface area (Å²) in [6, 6.07) is 26.6. The van der Waals surface area contributed by atoms with Gasteiger partial charge in [-0.15, -0.1) is 0 Å². The highest BCUT2D eigenvalue weighted by molar-refractivity contribution is 6.00. The molecule has 3 aromatic rings. The van der Waals surface area contributed by atoms with E-state index < -0.39 is 35.5 Å². The van der Waals surface area contributed by atoms with Crippen molar-refractivity contribution >= 4 is 17.9 Å². The summed E-state index contributed by atoms with van der Waals surface area (Å²) in [7, 11) is 0. The van der Waals surface area contributed by atoms with Crippen LogP contribution in [0, 0.1) is 5.92 Å². The molecule has 0 saturated heterocycles. The van der Waals surface area contributed by atoms with Crippen LogP contribution in [0.15, 0.2) is 91.0 Å². The van der Waals surface area contributed by atoms with Crippen LogP contribution in [0.5, 0.6) is 0 Å². The third-order valence-electron chi connectivity index (χ3n) is 5.57. The molecule has 0 aliphatic carbocycles. The predicted molar refractivity (Wildman–Crippen MR) is 144 cm³/mol. The number of carbonyl (C=O) groups is 3. The molecular formula is C31H35NO6. The molecule has 3 rings (SSSR count). The van der Waals surface area contributed by atoms with Crippen LogP contribution in [0.2, 0.25) is 0 Å². The summed E-state index contributed by atoms with van der Waals surface area (Å²) in [5, 5.41) is 3.07. The van der Waals surface area contributed by atoms with E-state index >= 15 is 0 Å². The van der Waals surface area contributed by atoms with Crippen molar-refractivity contribution in [3.8, 4) is 0 Å². The Bertz CT molecular complexity index is 1100. The van der Waals surface area contributed by atoms with Gasteiger partial charge < -0.3 is 19.5 Å². The van der Waals surface area contributed by atoms with E-state index in [1.165, 1.54) is 0 Å². The monoisotopic (exact) mass is 517 g/mol. The van der Waals surface area contributed by atoms with Crippen molar-refractivity contribution in [2.45, 2.75) is 52.0 Å². The summed E-state index contributed by atoms with van der Waals surface area (Å²) in [5.41, 5.74) is 1.71. The Morgan fingerprint density at radius 2 is 1.08 bits per heavy atom. The van der Waals surface area contributed by atoms with Crippen molar-refractivity contribution in [1.82, 2.24) is 5.32 Å². The molecule has 7 nitrogen and oxygen atoms in total. The molecule has 7 heteroatoms. The molecular weight excluding hydrogens is 482 g/mol. The number of rotatable bonds is 12. The molecule has 0 bridgehead atoms. The number of ether oxygens (including phenoxy) is 3. The maximum Gasteiger partial charge on any atom is 0.325 e. The second-order valence-corrected chi connectivity index (χ2v) is 9.87. The van der Waals surface area contributed by atoms with E-state index in [0.29, 0.717) is 13.0 Å². The van der Waals surface area contributed by atoms with Crippen molar-refractivity contribution in [3.63, 3.8) is 0 Å². The first-order valence-electron chi connectivity index (χ1n) is 12.6. The smallest absolute Gasteiger partial charge is 0.325 e. The highest BCUT2D eigenvalue weighted by atomic mass is 16.6. The number of hydrogen-bond donors (Lipinski definition) is 1. The van der Waals surface area contributed by atoms with E-state index in [1.54, 1.807) is 45.0 Å². The highest BCUT2D eigenvalue weighted by Crippen LogP contribution is 2.18. The van der Waals surface area contributed by atoms with Crippen LogP contribution in [0.3, 0.4) is 0 Å². The fourth-order valence-corrected chi connectivity index (χ4v) is 3.72. The number of nitrogens with one attached hydrogen (secondary N) is 1. The summed E-state index contributed by atoms with van der Waals surface area (Å²) < 4.78 is 16.6. The number of esters is 3. The molecule has 1 atom stereocenters. The van der Waals surface area contributed by atoms with Gasteiger partial charge in [0.15, 0.2) is 5.92 Å². The van der Waals surface area contributed by atoms with Crippen LogP contribution < -0.4 is 5.32 Å². The first-order valence-corrected chi connectivity index (χ1v) is 12.6. The zero-order chi connectivity index (χ0) is 27.4. The van der Waals surface area contributed by atoms with Crippen molar-refractivity contribution in [2.24, 2.45) is 5.92 Å². The molecule has 200 valence electrons. The van der Waals surface area contributed by atoms with Crippen molar-refractivity contribution in [1.29, 1.82) is 0 Å². The van der Waals surface area contributed by atoms with Gasteiger partial charge in [0.1, 0.15) is 24.9 Å². The average Bonchev–Trinajstić information content (AvgIpc) is 2.91. The third-order valence-corrected chi connectivity index (χ3v) is 5.57. The molecule has 38 heavy (non-hydrogen) atoms. The van der Waals surface area contributed by atoms with Gasteiger partial charge in [0.2, 0.25) is 0 Å². The lowest BCUT2D eigenvalue weighted by Gasteiger charge is -2.28. The molecule has 0 fully saturated rings. The van der Waals surface area contributed by atoms with E-state index in [1.807, 2.05) is 66.7 Å². The van der Waals surface area contributed by atoms with Gasteiger partial charge in [-0.25, -0.2) is 0 Å². The van der Waals surface area contributed by atoms with E-state index in [2.05, 4.69) is 5.32 Å². The Hall–Kier alpha value is -3.97. The second kappa shape index (κ2) is 14.1. The van der Waals surface area contributed by atoms with E-state index in [0.717, 1.165) is 16.7 Å². The highest BCUT2D eigenvalue weighted by Gasteiger charge is 2.43. The van der Waals surface area contributed by atoms with Crippen LogP contribution >= 0.6 is 0 Å². The van der Waals surface area contributed by atoms with Gasteiger partial charge in [0.25, 0.3) is 0 Å². The zero-order valence-corrected chi connectivity index (χ0v) is 22.1. The van der Waals surface area contributed by atoms with Gasteiger partial charge in [-0.05, 0) is 43.9 Å². The number of carbonyl (C=O) groups excluding carboxylic acids is 3. The maximum atomic E-state index is 13.3. The maximum absolute atomic E-state index is 13.3. The average molecular weight is 518 g/mol. The van der Waals surface area contributed by atoms with Gasteiger partial charge >= 0.3 is 17.9 Å². The van der Waals surface area contributed by atoms with Gasteiger partial charge in [-0.1, -0.05) is 91.0 Å². The van der Waals surface area contributed by atoms with Gasteiger partial charge in [-0.2, -0.15) is 0 Å². The fourth-order valence-electron chi connectivity index (χ4n) is 3.72. The summed E-state index contributed by atoms with van der Waals surface area (Å²) in [5.74, 6) is -4.03. The summed E-state index contributed by atoms with van der Waals surface area (Å²) in [4.78, 5) is 40.0. The van der Waals surface area contributed by atoms with Crippen molar-refractivity contribution in [2.75, 3.05) is 6.54 Å². The topological polar surface area (TPSA) is 90.9 Å². The van der Waals surface area contributed by atoms with Crippen molar-refractivity contribution in [3.05, 3.63) is 108 Å². The standard InChI is InChI=1S/C31H35NO6/c1-31(2,3)38-30(35)27(32-20-19-23-13-7-4-8-14-23)26(28(33)36-21-24-15-9-5-10-16-24)29(34)37-22-25-17-11-6-12-18-25/h4-18,26-27,32H,19-22H2,1-3H3. The largest absolute Gasteiger partial charge is 0.460 e. The number of hydrogen-bond acceptors (Lipinski definition) is 7. The Labute approximate surface area is 224 Å². The summed E-state index contributed by atoms with van der Waals surface area (Å²) in [6.07, 6.45) is 0.574. The lowest BCUT2D eigenvalue weighted by molar-refractivity contribution is -0.174. The molecule has 0 heterocycles. The molecule has 0 aliphatic rings. The minimum absolute atomic E-state index is 0.0484. The van der Waals surface area contributed by atoms with Gasteiger partial charge in [0, 0.05) is 6.54 Å². The molecule has 0 saturated carbocycles. The molecule has 1 N–H and O–H groups in total. The van der Waals surface area contributed by atoms with Crippen LogP contribution in [0.4, 0.5) is 0 Å². The van der Waals surface area contributed by atoms with Crippen molar-refractivity contribution < 1.29 is 28.6 Å². The third kappa shape index (κ3) is 9.48. The van der Waals surface area contributed by atoms with E-state index in [9.17, 15) is 14.4 Å². The molecule has 0 radical (unpaired) electrons. The molecule has 0 spiro atoms. The molecule has 0 amide bonds. The van der Waals surface area contributed by atoms with E-state index in [-0.39, 0.29) is 13.2 Å². The molecule has 1 unspecified atom stereocenters. The summed E-state index contributed by atoms with van der Waals surface area (Å²) >= 11 is 0. The zero-order valence-electron chi connectivity index (χ0n) is 22.1. The van der Waals surface area contributed by atoms with Crippen LogP contribution in [0.1, 0.15) is 37.5 Å². The predicted octanol–water partition coefficient (Wildman–Crippen LogP) is 4.63. The van der Waals surface area contributed by atoms with Gasteiger partial charge in [-0.3, -0.25) is 14.4 Å². The fraction of sp³-hybridized carbons (Fsp3) is 0.323. The lowest BCUT2D eigenvalue weighted by Crippen LogP contribution is -2.52. The Morgan fingerprint density at radius 3 is 1.50 bits per heavy atom. The quantitative estimate of drug-likeness (QED) is 0.213. The molecule has 3 aromatic carbocycles. The minimum atomic E-state index is -1.56. The minimum Gasteiger partial charge on any atom is -0.460 e. The first-order chi connectivity index (χ1) is 18.2. The molecule has 0 aromatic heterocycles.